The number of amidine groups is 1. The lowest BCUT2D eigenvalue weighted by Crippen LogP contribution is -2.17. The Morgan fingerprint density at radius 1 is 1.20 bits per heavy atom. The van der Waals surface area contributed by atoms with Gasteiger partial charge in [-0.15, -0.1) is 0 Å². The number of phenols is 1. The molecule has 0 aliphatic rings. The van der Waals surface area contributed by atoms with E-state index < -0.39 is 0 Å². The number of hydrogen-bond donors (Lipinski definition) is 3. The second kappa shape index (κ2) is 5.97. The van der Waals surface area contributed by atoms with Crippen molar-refractivity contribution in [2.75, 3.05) is 11.9 Å². The number of phenolic OH excluding ortho intramolecular Hbond substituents is 1. The normalized spacial score (nSPS) is 11.3. The summed E-state index contributed by atoms with van der Waals surface area (Å²) in [5.74, 6) is 0.352. The zero-order chi connectivity index (χ0) is 14.5. The van der Waals surface area contributed by atoms with Crippen LogP contribution in [0, 0.1) is 0 Å². The Morgan fingerprint density at radius 2 is 1.90 bits per heavy atom. The number of anilines is 1. The van der Waals surface area contributed by atoms with Crippen molar-refractivity contribution in [3.05, 3.63) is 59.7 Å². The molecule has 0 radical (unpaired) electrons. The zero-order valence-electron chi connectivity index (χ0n) is 11.2. The van der Waals surface area contributed by atoms with Gasteiger partial charge in [-0.25, -0.2) is 0 Å². The molecule has 0 heterocycles. The Hall–Kier alpha value is -2.69. The van der Waals surface area contributed by atoms with E-state index in [1.165, 1.54) is 0 Å². The van der Waals surface area contributed by atoms with Crippen LogP contribution in [0.4, 0.5) is 5.69 Å². The number of benzene rings is 2. The Morgan fingerprint density at radius 3 is 2.50 bits per heavy atom. The van der Waals surface area contributed by atoms with Gasteiger partial charge in [0.25, 0.3) is 0 Å². The van der Waals surface area contributed by atoms with Gasteiger partial charge in [0.15, 0.2) is 5.84 Å². The average Bonchev–Trinajstić information content (AvgIpc) is 2.46. The predicted octanol–water partition coefficient (Wildman–Crippen LogP) is 2.12. The highest BCUT2D eigenvalue weighted by Crippen LogP contribution is 2.18. The van der Waals surface area contributed by atoms with Crippen molar-refractivity contribution in [1.82, 2.24) is 0 Å². The molecule has 0 aliphatic heterocycles. The monoisotopic (exact) mass is 271 g/mol. The minimum absolute atomic E-state index is 0.0900. The first-order chi connectivity index (χ1) is 9.60. The first-order valence-corrected chi connectivity index (χ1v) is 6.17. The van der Waals surface area contributed by atoms with Crippen LogP contribution in [0.5, 0.6) is 5.75 Å². The van der Waals surface area contributed by atoms with Crippen molar-refractivity contribution < 1.29 is 10.3 Å². The van der Waals surface area contributed by atoms with Gasteiger partial charge in [0.05, 0.1) is 0 Å². The van der Waals surface area contributed by atoms with Gasteiger partial charge >= 0.3 is 0 Å². The topological polar surface area (TPSA) is 82.1 Å². The van der Waals surface area contributed by atoms with Crippen LogP contribution in [0.3, 0.4) is 0 Å². The summed E-state index contributed by atoms with van der Waals surface area (Å²) in [6.07, 6.45) is 0. The van der Waals surface area contributed by atoms with Crippen LogP contribution in [-0.4, -0.2) is 23.2 Å². The van der Waals surface area contributed by atoms with Gasteiger partial charge in [-0.05, 0) is 42.0 Å². The van der Waals surface area contributed by atoms with Crippen molar-refractivity contribution in [1.29, 1.82) is 0 Å². The molecule has 4 N–H and O–H groups in total. The Kier molecular flexibility index (Phi) is 4.10. The predicted molar refractivity (Wildman–Crippen MR) is 79.2 cm³/mol. The molecule has 0 unspecified atom stereocenters. The molecule has 0 fully saturated rings. The molecule has 5 nitrogen and oxygen atoms in total. The van der Waals surface area contributed by atoms with Crippen molar-refractivity contribution in [2.45, 2.75) is 6.54 Å². The summed E-state index contributed by atoms with van der Waals surface area (Å²) in [6.45, 7) is 0.678. The van der Waals surface area contributed by atoms with Gasteiger partial charge in [-0.3, -0.25) is 0 Å². The summed E-state index contributed by atoms with van der Waals surface area (Å²) in [7, 11) is 1.96. The number of nitrogens with zero attached hydrogens (tertiary/aromatic N) is 2. The van der Waals surface area contributed by atoms with Gasteiger partial charge in [-0.2, -0.15) is 0 Å². The molecule has 0 saturated carbocycles. The molecular formula is C15H17N3O2. The third-order valence-electron chi connectivity index (χ3n) is 3.04. The average molecular weight is 271 g/mol. The molecule has 104 valence electrons. The molecule has 2 aromatic carbocycles. The van der Waals surface area contributed by atoms with Crippen molar-refractivity contribution in [2.24, 2.45) is 10.9 Å². The quantitative estimate of drug-likeness (QED) is 0.344. The zero-order valence-corrected chi connectivity index (χ0v) is 11.2. The number of aromatic hydroxyl groups is 1. The Balaban J connectivity index is 2.11. The minimum atomic E-state index is 0.0900. The lowest BCUT2D eigenvalue weighted by atomic mass is 10.1. The van der Waals surface area contributed by atoms with Crippen LogP contribution in [0.25, 0.3) is 0 Å². The molecule has 0 saturated heterocycles. The second-order valence-corrected chi connectivity index (χ2v) is 4.56. The number of rotatable bonds is 4. The summed E-state index contributed by atoms with van der Waals surface area (Å²) in [5.41, 5.74) is 8.21. The summed E-state index contributed by atoms with van der Waals surface area (Å²) in [4.78, 5) is 2.05. The van der Waals surface area contributed by atoms with Crippen LogP contribution < -0.4 is 10.6 Å². The maximum Gasteiger partial charge on any atom is 0.170 e. The van der Waals surface area contributed by atoms with Crippen molar-refractivity contribution in [3.63, 3.8) is 0 Å². The highest BCUT2D eigenvalue weighted by Gasteiger charge is 2.04. The Labute approximate surface area is 117 Å². The van der Waals surface area contributed by atoms with E-state index in [1.807, 2.05) is 36.2 Å². The molecule has 20 heavy (non-hydrogen) atoms. The van der Waals surface area contributed by atoms with Gasteiger partial charge in [0, 0.05) is 24.8 Å². The highest BCUT2D eigenvalue weighted by atomic mass is 16.4. The largest absolute Gasteiger partial charge is 0.508 e. The van der Waals surface area contributed by atoms with Gasteiger partial charge in [0.2, 0.25) is 0 Å². The fourth-order valence-corrected chi connectivity index (χ4v) is 1.96. The van der Waals surface area contributed by atoms with Crippen LogP contribution >= 0.6 is 0 Å². The lowest BCUT2D eigenvalue weighted by molar-refractivity contribution is 0.318. The first kappa shape index (κ1) is 13.7. The van der Waals surface area contributed by atoms with Crippen molar-refractivity contribution >= 4 is 11.5 Å². The van der Waals surface area contributed by atoms with Crippen LogP contribution in [0.15, 0.2) is 53.7 Å². The van der Waals surface area contributed by atoms with E-state index in [-0.39, 0.29) is 11.6 Å². The van der Waals surface area contributed by atoms with Gasteiger partial charge in [0.1, 0.15) is 5.75 Å². The maximum absolute atomic E-state index is 9.45. The molecule has 0 atom stereocenters. The lowest BCUT2D eigenvalue weighted by Gasteiger charge is -2.19. The highest BCUT2D eigenvalue weighted by molar-refractivity contribution is 5.97. The van der Waals surface area contributed by atoms with E-state index >= 15 is 0 Å². The van der Waals surface area contributed by atoms with E-state index in [2.05, 4.69) is 5.16 Å². The Bertz CT molecular complexity index is 609. The molecule has 0 bridgehead atoms. The third kappa shape index (κ3) is 3.20. The molecule has 0 aromatic heterocycles. The molecule has 0 spiro atoms. The summed E-state index contributed by atoms with van der Waals surface area (Å²) >= 11 is 0. The number of oxime groups is 1. The molecular weight excluding hydrogens is 254 g/mol. The van der Waals surface area contributed by atoms with E-state index in [1.54, 1.807) is 24.3 Å². The fourth-order valence-electron chi connectivity index (χ4n) is 1.96. The third-order valence-corrected chi connectivity index (χ3v) is 3.04. The smallest absolute Gasteiger partial charge is 0.170 e. The molecule has 2 rings (SSSR count). The van der Waals surface area contributed by atoms with E-state index in [0.717, 1.165) is 11.3 Å². The molecule has 0 aliphatic carbocycles. The fraction of sp³-hybridized carbons (Fsp3) is 0.133. The van der Waals surface area contributed by atoms with Gasteiger partial charge < -0.3 is 20.9 Å². The van der Waals surface area contributed by atoms with E-state index in [4.69, 9.17) is 10.9 Å². The van der Waals surface area contributed by atoms with Gasteiger partial charge in [-0.1, -0.05) is 17.3 Å². The van der Waals surface area contributed by atoms with Crippen LogP contribution in [-0.2, 0) is 6.54 Å². The first-order valence-electron chi connectivity index (χ1n) is 6.17. The summed E-state index contributed by atoms with van der Waals surface area (Å²) in [6, 6.07) is 14.6. The standard InChI is InChI=1S/C15H17N3O2/c1-18(10-11-3-2-4-14(19)9-11)13-7-5-12(6-8-13)15(16)17-20/h2-9,19-20H,10H2,1H3,(H2,16,17). The van der Waals surface area contributed by atoms with Crippen LogP contribution in [0.2, 0.25) is 0 Å². The second-order valence-electron chi connectivity index (χ2n) is 4.56. The number of hydrogen-bond acceptors (Lipinski definition) is 4. The van der Waals surface area contributed by atoms with E-state index in [0.29, 0.717) is 12.1 Å². The maximum atomic E-state index is 9.45. The SMILES string of the molecule is CN(Cc1cccc(O)c1)c1ccc(/C(N)=N/O)cc1. The molecule has 0 amide bonds. The molecule has 5 heteroatoms. The minimum Gasteiger partial charge on any atom is -0.508 e. The van der Waals surface area contributed by atoms with E-state index in [9.17, 15) is 5.11 Å². The molecule has 2 aromatic rings. The van der Waals surface area contributed by atoms with Crippen LogP contribution in [0.1, 0.15) is 11.1 Å². The summed E-state index contributed by atoms with van der Waals surface area (Å²) < 4.78 is 0. The van der Waals surface area contributed by atoms with Crippen molar-refractivity contribution in [3.8, 4) is 5.75 Å². The number of nitrogens with two attached hydrogens (primary N) is 1. The summed E-state index contributed by atoms with van der Waals surface area (Å²) in [5, 5.41) is 21.0.